The number of allylic oxidation sites excluding steroid dienone is 1. The van der Waals surface area contributed by atoms with Crippen molar-refractivity contribution in [1.82, 2.24) is 20.9 Å². The number of amides is 4. The number of carbonyl (C=O) groups is 5. The van der Waals surface area contributed by atoms with Crippen molar-refractivity contribution in [2.45, 2.75) is 58.0 Å². The van der Waals surface area contributed by atoms with E-state index in [-0.39, 0.29) is 50.8 Å². The molecule has 1 aliphatic rings. The third-order valence-corrected chi connectivity index (χ3v) is 8.41. The van der Waals surface area contributed by atoms with Crippen LogP contribution in [-0.4, -0.2) is 65.5 Å². The highest BCUT2D eigenvalue weighted by Gasteiger charge is 2.36. The van der Waals surface area contributed by atoms with Crippen molar-refractivity contribution in [3.63, 3.8) is 0 Å². The number of rotatable bonds is 15. The maximum absolute atomic E-state index is 13.2. The molecule has 0 aliphatic carbocycles. The van der Waals surface area contributed by atoms with Gasteiger partial charge in [0.05, 0.1) is 24.6 Å². The van der Waals surface area contributed by atoms with E-state index < -0.39 is 30.1 Å². The Labute approximate surface area is 281 Å². The van der Waals surface area contributed by atoms with Crippen LogP contribution in [0.5, 0.6) is 0 Å². The fourth-order valence-electron chi connectivity index (χ4n) is 5.64. The first-order valence-electron chi connectivity index (χ1n) is 15.5. The number of nitrogens with zero attached hydrogens (tertiary/aromatic N) is 1. The number of hydrogen-bond donors (Lipinski definition) is 4. The van der Waals surface area contributed by atoms with Crippen LogP contribution < -0.4 is 16.0 Å². The van der Waals surface area contributed by atoms with E-state index in [0.29, 0.717) is 24.1 Å². The predicted molar refractivity (Wildman–Crippen MR) is 180 cm³/mol. The van der Waals surface area contributed by atoms with Gasteiger partial charge >= 0.3 is 18.0 Å². The monoisotopic (exact) mass is 706 g/mol. The Morgan fingerprint density at radius 2 is 1.72 bits per heavy atom. The van der Waals surface area contributed by atoms with Gasteiger partial charge in [0.2, 0.25) is 11.8 Å². The summed E-state index contributed by atoms with van der Waals surface area (Å²) >= 11 is 3.41. The molecule has 0 aromatic heterocycles. The minimum Gasteiger partial charge on any atom is -0.481 e. The third kappa shape index (κ3) is 9.65. The van der Waals surface area contributed by atoms with E-state index in [1.807, 2.05) is 66.7 Å². The molecular weight excluding hydrogens is 668 g/mol. The summed E-state index contributed by atoms with van der Waals surface area (Å²) in [6.07, 6.45) is 0.503. The molecule has 0 saturated carbocycles. The van der Waals surface area contributed by atoms with Crippen LogP contribution in [0.3, 0.4) is 0 Å². The summed E-state index contributed by atoms with van der Waals surface area (Å²) in [4.78, 5) is 64.5. The molecule has 0 bridgehead atoms. The number of halogens is 1. The molecular formula is C35H39BrN4O7. The number of benzene rings is 3. The average Bonchev–Trinajstić information content (AvgIpc) is 3.02. The lowest BCUT2D eigenvalue weighted by Gasteiger charge is -2.35. The highest BCUT2D eigenvalue weighted by Crippen LogP contribution is 2.32. The normalized spacial score (nSPS) is 15.2. The van der Waals surface area contributed by atoms with E-state index in [0.717, 1.165) is 26.4 Å². The SMILES string of the molecule is CCOC(=O)C1=C(C)N(CCCC(=O)N[C@H](CC(=O)NCCC(=O)O)Cc2cccc3ccccc23)C(=O)NC1c1ccc(Br)cc1. The fraction of sp³-hybridized carbons (Fsp3) is 0.343. The zero-order valence-electron chi connectivity index (χ0n) is 26.4. The maximum atomic E-state index is 13.2. The van der Waals surface area contributed by atoms with Gasteiger partial charge in [-0.3, -0.25) is 19.3 Å². The molecule has 4 N–H and O–H groups in total. The first-order chi connectivity index (χ1) is 22.6. The van der Waals surface area contributed by atoms with E-state index in [1.165, 1.54) is 4.90 Å². The van der Waals surface area contributed by atoms with Gasteiger partial charge in [0.15, 0.2) is 0 Å². The molecule has 0 saturated heterocycles. The standard InChI is InChI=1S/C35H39BrN4O7/c1-3-47-34(45)32-22(2)40(35(46)39-33(32)24-13-15-26(36)16-14-24)19-7-12-29(41)38-27(21-30(42)37-18-17-31(43)44)20-25-10-6-9-23-8-4-5-11-28(23)25/h4-6,8-11,13-16,27,33H,3,7,12,17-21H2,1-2H3,(H,37,42)(H,38,41)(H,39,46)(H,43,44)/t27-,33?/m0/s1. The molecule has 4 rings (SSSR count). The van der Waals surface area contributed by atoms with E-state index in [9.17, 15) is 24.0 Å². The molecule has 0 spiro atoms. The molecule has 3 aromatic carbocycles. The summed E-state index contributed by atoms with van der Waals surface area (Å²) in [6.45, 7) is 3.75. The topological polar surface area (TPSA) is 154 Å². The van der Waals surface area contributed by atoms with Crippen LogP contribution in [0.2, 0.25) is 0 Å². The highest BCUT2D eigenvalue weighted by molar-refractivity contribution is 9.10. The minimum atomic E-state index is -1.02. The molecule has 3 aromatic rings. The summed E-state index contributed by atoms with van der Waals surface area (Å²) < 4.78 is 6.19. The fourth-order valence-corrected chi connectivity index (χ4v) is 5.91. The Bertz CT molecular complexity index is 1650. The van der Waals surface area contributed by atoms with E-state index in [1.54, 1.807) is 13.8 Å². The van der Waals surface area contributed by atoms with Crippen molar-refractivity contribution in [2.24, 2.45) is 0 Å². The minimum absolute atomic E-state index is 0.00959. The van der Waals surface area contributed by atoms with Crippen LogP contribution in [0.1, 0.15) is 56.7 Å². The number of urea groups is 1. The number of hydrogen-bond acceptors (Lipinski definition) is 6. The van der Waals surface area contributed by atoms with Gasteiger partial charge in [-0.2, -0.15) is 0 Å². The highest BCUT2D eigenvalue weighted by atomic mass is 79.9. The Balaban J connectivity index is 1.45. The summed E-state index contributed by atoms with van der Waals surface area (Å²) in [5.41, 5.74) is 2.46. The quantitative estimate of drug-likeness (QED) is 0.162. The number of fused-ring (bicyclic) bond motifs is 1. The maximum Gasteiger partial charge on any atom is 0.338 e. The largest absolute Gasteiger partial charge is 0.481 e. The molecule has 11 nitrogen and oxygen atoms in total. The van der Waals surface area contributed by atoms with Crippen LogP contribution in [0, 0.1) is 0 Å². The van der Waals surface area contributed by atoms with Gasteiger partial charge < -0.3 is 25.8 Å². The predicted octanol–water partition coefficient (Wildman–Crippen LogP) is 4.99. The van der Waals surface area contributed by atoms with Gasteiger partial charge in [0.25, 0.3) is 0 Å². The van der Waals surface area contributed by atoms with Crippen molar-refractivity contribution in [1.29, 1.82) is 0 Å². The zero-order chi connectivity index (χ0) is 33.9. The number of nitrogens with one attached hydrogen (secondary N) is 3. The summed E-state index contributed by atoms with van der Waals surface area (Å²) in [5, 5.41) is 19.4. The van der Waals surface area contributed by atoms with E-state index in [4.69, 9.17) is 9.84 Å². The zero-order valence-corrected chi connectivity index (χ0v) is 28.0. The van der Waals surface area contributed by atoms with Crippen molar-refractivity contribution in [3.8, 4) is 0 Å². The lowest BCUT2D eigenvalue weighted by Crippen LogP contribution is -2.48. The van der Waals surface area contributed by atoms with E-state index in [2.05, 4.69) is 31.9 Å². The Hall–Kier alpha value is -4.71. The molecule has 12 heteroatoms. The molecule has 0 fully saturated rings. The van der Waals surface area contributed by atoms with Crippen LogP contribution in [0.15, 0.2) is 82.5 Å². The molecule has 47 heavy (non-hydrogen) atoms. The van der Waals surface area contributed by atoms with Crippen molar-refractivity contribution in [3.05, 3.63) is 93.6 Å². The Morgan fingerprint density at radius 3 is 2.45 bits per heavy atom. The molecule has 0 radical (unpaired) electrons. The molecule has 1 aliphatic heterocycles. The smallest absolute Gasteiger partial charge is 0.338 e. The Kier molecular flexibility index (Phi) is 12.5. The van der Waals surface area contributed by atoms with Gasteiger partial charge in [0.1, 0.15) is 0 Å². The summed E-state index contributed by atoms with van der Waals surface area (Å²) in [5.74, 6) is -2.21. The number of carbonyl (C=O) groups excluding carboxylic acids is 4. The van der Waals surface area contributed by atoms with Gasteiger partial charge in [-0.1, -0.05) is 70.5 Å². The van der Waals surface area contributed by atoms with Crippen molar-refractivity contribution in [2.75, 3.05) is 19.7 Å². The Morgan fingerprint density at radius 1 is 1.00 bits per heavy atom. The number of ether oxygens (including phenoxy) is 1. The van der Waals surface area contributed by atoms with E-state index >= 15 is 0 Å². The van der Waals surface area contributed by atoms with Gasteiger partial charge in [0, 0.05) is 42.1 Å². The molecule has 1 heterocycles. The lowest BCUT2D eigenvalue weighted by molar-refractivity contribution is -0.139. The number of carboxylic acid groups (broad SMARTS) is 1. The summed E-state index contributed by atoms with van der Waals surface area (Å²) in [6, 6.07) is 19.4. The first kappa shape index (κ1) is 35.1. The molecule has 4 amide bonds. The average molecular weight is 708 g/mol. The van der Waals surface area contributed by atoms with Gasteiger partial charge in [-0.25, -0.2) is 9.59 Å². The van der Waals surface area contributed by atoms with Crippen LogP contribution in [-0.2, 0) is 30.3 Å². The number of esters is 1. The van der Waals surface area contributed by atoms with Crippen LogP contribution in [0.25, 0.3) is 10.8 Å². The second kappa shape index (κ2) is 16.7. The summed E-state index contributed by atoms with van der Waals surface area (Å²) in [7, 11) is 0. The first-order valence-corrected chi connectivity index (χ1v) is 16.3. The third-order valence-electron chi connectivity index (χ3n) is 7.88. The second-order valence-corrected chi connectivity index (χ2v) is 12.1. The molecule has 248 valence electrons. The van der Waals surface area contributed by atoms with Crippen molar-refractivity contribution >= 4 is 56.5 Å². The van der Waals surface area contributed by atoms with Gasteiger partial charge in [-0.05, 0) is 60.7 Å². The number of carboxylic acids is 1. The van der Waals surface area contributed by atoms with Gasteiger partial charge in [-0.15, -0.1) is 0 Å². The molecule has 2 atom stereocenters. The number of aliphatic carboxylic acids is 1. The van der Waals surface area contributed by atoms with Crippen LogP contribution in [0.4, 0.5) is 4.79 Å². The lowest BCUT2D eigenvalue weighted by atomic mass is 9.95. The van der Waals surface area contributed by atoms with Crippen LogP contribution >= 0.6 is 15.9 Å². The second-order valence-electron chi connectivity index (χ2n) is 11.2. The van der Waals surface area contributed by atoms with Crippen molar-refractivity contribution < 1.29 is 33.8 Å². The molecule has 1 unspecified atom stereocenters.